The first-order chi connectivity index (χ1) is 15.4. The molecule has 1 aromatic heterocycles. The first-order valence-electron chi connectivity index (χ1n) is 10.6. The van der Waals surface area contributed by atoms with Gasteiger partial charge in [-0.2, -0.15) is 0 Å². The molecule has 32 heavy (non-hydrogen) atoms. The number of carbonyl (C=O) groups excluding carboxylic acids is 2. The van der Waals surface area contributed by atoms with E-state index >= 15 is 0 Å². The number of benzene rings is 1. The number of anilines is 1. The number of rotatable bonds is 5. The molecule has 0 saturated carbocycles. The summed E-state index contributed by atoms with van der Waals surface area (Å²) in [7, 11) is 3.16. The van der Waals surface area contributed by atoms with Crippen molar-refractivity contribution in [1.82, 2.24) is 10.3 Å². The number of nitrogens with one attached hydrogen (secondary N) is 2. The highest BCUT2D eigenvalue weighted by Crippen LogP contribution is 2.45. The number of amides is 1. The highest BCUT2D eigenvalue weighted by Gasteiger charge is 2.39. The van der Waals surface area contributed by atoms with Crippen molar-refractivity contribution in [1.29, 1.82) is 0 Å². The highest BCUT2D eigenvalue weighted by atomic mass is 16.5. The summed E-state index contributed by atoms with van der Waals surface area (Å²) in [6, 6.07) is 9.14. The van der Waals surface area contributed by atoms with Crippen molar-refractivity contribution in [3.8, 4) is 11.5 Å². The number of hydrogen-bond acceptors (Lipinski definition) is 6. The number of dihydropyridines is 1. The number of pyridine rings is 1. The summed E-state index contributed by atoms with van der Waals surface area (Å²) in [6.45, 7) is 3.80. The molecular formula is C25H27N3O4. The van der Waals surface area contributed by atoms with Gasteiger partial charge in [-0.1, -0.05) is 6.07 Å². The van der Waals surface area contributed by atoms with Crippen molar-refractivity contribution in [2.24, 2.45) is 0 Å². The lowest BCUT2D eigenvalue weighted by Gasteiger charge is -2.35. The Bertz CT molecular complexity index is 1150. The van der Waals surface area contributed by atoms with E-state index in [2.05, 4.69) is 15.6 Å². The van der Waals surface area contributed by atoms with Crippen LogP contribution in [0.1, 0.15) is 43.2 Å². The Morgan fingerprint density at radius 2 is 1.94 bits per heavy atom. The molecule has 0 fully saturated rings. The summed E-state index contributed by atoms with van der Waals surface area (Å²) in [5.74, 6) is 0.858. The van der Waals surface area contributed by atoms with Crippen molar-refractivity contribution in [2.75, 3.05) is 19.5 Å². The van der Waals surface area contributed by atoms with Crippen molar-refractivity contribution in [2.45, 2.75) is 39.0 Å². The number of hydrogen-bond donors (Lipinski definition) is 2. The van der Waals surface area contributed by atoms with Gasteiger partial charge in [-0.05, 0) is 50.5 Å². The molecule has 166 valence electrons. The molecule has 2 aliphatic rings. The van der Waals surface area contributed by atoms with Gasteiger partial charge in [0, 0.05) is 46.8 Å². The zero-order valence-corrected chi connectivity index (χ0v) is 18.7. The van der Waals surface area contributed by atoms with Gasteiger partial charge in [0.2, 0.25) is 0 Å². The molecule has 1 aromatic carbocycles. The van der Waals surface area contributed by atoms with Crippen molar-refractivity contribution in [3.05, 3.63) is 70.2 Å². The highest BCUT2D eigenvalue weighted by molar-refractivity contribution is 6.09. The van der Waals surface area contributed by atoms with E-state index in [1.54, 1.807) is 26.5 Å². The number of nitrogens with zero attached hydrogens (tertiary/aromatic N) is 1. The van der Waals surface area contributed by atoms with E-state index in [1.165, 1.54) is 0 Å². The molecule has 1 atom stereocenters. The molecule has 0 saturated heterocycles. The molecule has 0 spiro atoms. The van der Waals surface area contributed by atoms with Crippen molar-refractivity contribution < 1.29 is 19.1 Å². The number of aromatic nitrogens is 1. The second-order valence-electron chi connectivity index (χ2n) is 8.05. The quantitative estimate of drug-likeness (QED) is 0.741. The minimum absolute atomic E-state index is 0.0492. The third-order valence-electron chi connectivity index (χ3n) is 5.93. The number of methoxy groups -OCH3 is 2. The van der Waals surface area contributed by atoms with Gasteiger partial charge in [0.1, 0.15) is 17.3 Å². The fourth-order valence-electron chi connectivity index (χ4n) is 4.44. The zero-order chi connectivity index (χ0) is 22.8. The fourth-order valence-corrected chi connectivity index (χ4v) is 4.44. The molecule has 7 nitrogen and oxygen atoms in total. The second kappa shape index (κ2) is 8.86. The molecule has 1 aliphatic heterocycles. The van der Waals surface area contributed by atoms with E-state index in [0.29, 0.717) is 40.6 Å². The van der Waals surface area contributed by atoms with Gasteiger partial charge in [-0.15, -0.1) is 0 Å². The lowest BCUT2D eigenvalue weighted by Crippen LogP contribution is -2.35. The number of ketones is 1. The fraction of sp³-hybridized carbons (Fsp3) is 0.320. The lowest BCUT2D eigenvalue weighted by molar-refractivity contribution is -0.116. The third kappa shape index (κ3) is 3.98. The number of carbonyl (C=O) groups is 2. The standard InChI is InChI=1S/C25H27N3O4/c1-14-10-11-26-21(12-14)28-25(30)22-15(2)27-18-6-5-7-19(29)24(18)23(22)17-9-8-16(31-3)13-20(17)32-4/h8-13,23,27H,5-7H2,1-4H3,(H,26,28,30)/t23-/m1/s1. The predicted molar refractivity (Wildman–Crippen MR) is 122 cm³/mol. The Labute approximate surface area is 187 Å². The average Bonchev–Trinajstić information content (AvgIpc) is 2.77. The SMILES string of the molecule is COc1ccc([C@@H]2C(C(=O)Nc3cc(C)ccn3)=C(C)NC3=C2C(=O)CCC3)c(OC)c1. The zero-order valence-electron chi connectivity index (χ0n) is 18.7. The van der Waals surface area contributed by atoms with Gasteiger partial charge in [0.05, 0.1) is 20.1 Å². The number of ether oxygens (including phenoxy) is 2. The average molecular weight is 434 g/mol. The largest absolute Gasteiger partial charge is 0.497 e. The van der Waals surface area contributed by atoms with Gasteiger partial charge in [0.25, 0.3) is 5.91 Å². The van der Waals surface area contributed by atoms with Crippen LogP contribution >= 0.6 is 0 Å². The lowest BCUT2D eigenvalue weighted by atomic mass is 9.74. The van der Waals surface area contributed by atoms with Crippen LogP contribution in [0.2, 0.25) is 0 Å². The normalized spacial score (nSPS) is 18.1. The molecule has 2 heterocycles. The molecule has 0 unspecified atom stereocenters. The van der Waals surface area contributed by atoms with Crippen LogP contribution in [0, 0.1) is 6.92 Å². The third-order valence-corrected chi connectivity index (χ3v) is 5.93. The maximum absolute atomic E-state index is 13.5. The number of aryl methyl sites for hydroxylation is 1. The first-order valence-corrected chi connectivity index (χ1v) is 10.6. The van der Waals surface area contributed by atoms with Crippen LogP contribution in [0.15, 0.2) is 59.1 Å². The Balaban J connectivity index is 1.84. The molecule has 2 aromatic rings. The summed E-state index contributed by atoms with van der Waals surface area (Å²) in [5, 5.41) is 6.23. The second-order valence-corrected chi connectivity index (χ2v) is 8.05. The van der Waals surface area contributed by atoms with Crippen LogP contribution in [-0.2, 0) is 9.59 Å². The van der Waals surface area contributed by atoms with E-state index in [4.69, 9.17) is 9.47 Å². The minimum atomic E-state index is -0.551. The molecular weight excluding hydrogens is 406 g/mol. The van der Waals surface area contributed by atoms with Crippen molar-refractivity contribution in [3.63, 3.8) is 0 Å². The molecule has 7 heteroatoms. The summed E-state index contributed by atoms with van der Waals surface area (Å²) >= 11 is 0. The number of Topliss-reactive ketones (excluding diaryl/α,β-unsaturated/α-hetero) is 1. The van der Waals surface area contributed by atoms with Gasteiger partial charge < -0.3 is 20.1 Å². The smallest absolute Gasteiger partial charge is 0.255 e. The maximum atomic E-state index is 13.5. The Kier molecular flexibility index (Phi) is 5.99. The Morgan fingerprint density at radius 1 is 1.12 bits per heavy atom. The van der Waals surface area contributed by atoms with Crippen LogP contribution < -0.4 is 20.1 Å². The topological polar surface area (TPSA) is 89.5 Å². The molecule has 2 N–H and O–H groups in total. The molecule has 1 aliphatic carbocycles. The summed E-state index contributed by atoms with van der Waals surface area (Å²) in [6.07, 6.45) is 3.67. The van der Waals surface area contributed by atoms with Gasteiger partial charge in [-0.25, -0.2) is 4.98 Å². The Hall–Kier alpha value is -3.61. The van der Waals surface area contributed by atoms with Crippen LogP contribution in [0.4, 0.5) is 5.82 Å². The molecule has 1 amide bonds. The van der Waals surface area contributed by atoms with Crippen LogP contribution in [0.25, 0.3) is 0 Å². The van der Waals surface area contributed by atoms with E-state index in [0.717, 1.165) is 29.7 Å². The van der Waals surface area contributed by atoms with Crippen LogP contribution in [-0.4, -0.2) is 30.9 Å². The van der Waals surface area contributed by atoms with Crippen LogP contribution in [0.5, 0.6) is 11.5 Å². The van der Waals surface area contributed by atoms with E-state index in [9.17, 15) is 9.59 Å². The Morgan fingerprint density at radius 3 is 2.66 bits per heavy atom. The molecule has 0 bridgehead atoms. The summed E-state index contributed by atoms with van der Waals surface area (Å²) in [4.78, 5) is 30.9. The first kappa shape index (κ1) is 21.6. The van der Waals surface area contributed by atoms with Crippen molar-refractivity contribution >= 4 is 17.5 Å². The summed E-state index contributed by atoms with van der Waals surface area (Å²) in [5.41, 5.74) is 4.44. The molecule has 4 rings (SSSR count). The van der Waals surface area contributed by atoms with Gasteiger partial charge >= 0.3 is 0 Å². The summed E-state index contributed by atoms with van der Waals surface area (Å²) < 4.78 is 11.0. The minimum Gasteiger partial charge on any atom is -0.497 e. The van der Waals surface area contributed by atoms with E-state index in [-0.39, 0.29) is 11.7 Å². The molecule has 0 radical (unpaired) electrons. The predicted octanol–water partition coefficient (Wildman–Crippen LogP) is 4.01. The monoisotopic (exact) mass is 433 g/mol. The van der Waals surface area contributed by atoms with E-state index in [1.807, 2.05) is 38.1 Å². The van der Waals surface area contributed by atoms with Gasteiger partial charge in [0.15, 0.2) is 5.78 Å². The maximum Gasteiger partial charge on any atom is 0.255 e. The number of allylic oxidation sites excluding steroid dienone is 3. The van der Waals surface area contributed by atoms with Crippen LogP contribution in [0.3, 0.4) is 0 Å². The van der Waals surface area contributed by atoms with Gasteiger partial charge in [-0.3, -0.25) is 9.59 Å². The van der Waals surface area contributed by atoms with E-state index < -0.39 is 5.92 Å².